The number of esters is 1. The summed E-state index contributed by atoms with van der Waals surface area (Å²) >= 11 is 3.34. The largest absolute Gasteiger partial charge is 0.467 e. The molecule has 104 valence electrons. The number of hydrogen-bond acceptors (Lipinski definition) is 3. The van der Waals surface area contributed by atoms with E-state index in [0.29, 0.717) is 10.9 Å². The Bertz CT molecular complexity index is 460. The van der Waals surface area contributed by atoms with Gasteiger partial charge in [0, 0.05) is 10.9 Å². The van der Waals surface area contributed by atoms with Gasteiger partial charge in [-0.15, -0.1) is 0 Å². The van der Waals surface area contributed by atoms with Crippen LogP contribution in [0.3, 0.4) is 0 Å². The number of carbonyl (C=O) groups is 2. The molecule has 0 aliphatic carbocycles. The third-order valence-corrected chi connectivity index (χ3v) is 3.40. The molecule has 0 spiro atoms. The lowest BCUT2D eigenvalue weighted by Crippen LogP contribution is -2.45. The van der Waals surface area contributed by atoms with E-state index in [4.69, 9.17) is 4.74 Å². The van der Waals surface area contributed by atoms with E-state index >= 15 is 0 Å². The van der Waals surface area contributed by atoms with Crippen LogP contribution in [0, 0.1) is 5.92 Å². The number of carbonyl (C=O) groups excluding carboxylic acids is 2. The molecule has 0 unspecified atom stereocenters. The summed E-state index contributed by atoms with van der Waals surface area (Å²) in [6.45, 7) is 3.72. The number of nitrogens with one attached hydrogen (secondary N) is 1. The summed E-state index contributed by atoms with van der Waals surface area (Å²) in [5.41, 5.74) is 1.54. The van der Waals surface area contributed by atoms with Crippen molar-refractivity contribution in [1.29, 1.82) is 0 Å². The Hall–Kier alpha value is -1.36. The van der Waals surface area contributed by atoms with Crippen LogP contribution in [0.15, 0.2) is 24.3 Å². The highest BCUT2D eigenvalue weighted by Crippen LogP contribution is 2.10. The fourth-order valence-electron chi connectivity index (χ4n) is 1.64. The number of ether oxygens (including phenoxy) is 1. The monoisotopic (exact) mass is 327 g/mol. The van der Waals surface area contributed by atoms with Crippen molar-refractivity contribution in [3.63, 3.8) is 0 Å². The first-order chi connectivity index (χ1) is 8.99. The second-order valence-corrected chi connectivity index (χ2v) is 5.11. The van der Waals surface area contributed by atoms with Crippen LogP contribution < -0.4 is 5.32 Å². The Morgan fingerprint density at radius 3 is 2.58 bits per heavy atom. The van der Waals surface area contributed by atoms with Crippen molar-refractivity contribution in [2.45, 2.75) is 25.2 Å². The second kappa shape index (κ2) is 7.28. The Morgan fingerprint density at radius 1 is 1.37 bits per heavy atom. The molecule has 0 saturated carbocycles. The van der Waals surface area contributed by atoms with Gasteiger partial charge in [-0.2, -0.15) is 0 Å². The van der Waals surface area contributed by atoms with E-state index in [1.807, 2.05) is 26.0 Å². The first kappa shape index (κ1) is 15.7. The zero-order valence-corrected chi connectivity index (χ0v) is 12.9. The molecule has 4 nitrogen and oxygen atoms in total. The molecule has 0 fully saturated rings. The minimum atomic E-state index is -0.634. The SMILES string of the molecule is COC(=O)[C@@H](NC(=O)c1cccc(CBr)c1)C(C)C. The standard InChI is InChI=1S/C14H18BrNO3/c1-9(2)12(14(18)19-3)16-13(17)11-6-4-5-10(7-11)8-15/h4-7,9,12H,8H2,1-3H3,(H,16,17)/t12-/m0/s1. The third kappa shape index (κ3) is 4.35. The van der Waals surface area contributed by atoms with Gasteiger partial charge in [0.1, 0.15) is 6.04 Å². The summed E-state index contributed by atoms with van der Waals surface area (Å²) in [7, 11) is 1.31. The van der Waals surface area contributed by atoms with E-state index in [-0.39, 0.29) is 11.8 Å². The zero-order chi connectivity index (χ0) is 14.4. The molecule has 0 aromatic heterocycles. The third-order valence-electron chi connectivity index (χ3n) is 2.75. The lowest BCUT2D eigenvalue weighted by atomic mass is 10.0. The molecule has 1 atom stereocenters. The topological polar surface area (TPSA) is 55.4 Å². The molecule has 0 radical (unpaired) electrons. The molecule has 0 aliphatic heterocycles. The summed E-state index contributed by atoms with van der Waals surface area (Å²) in [5.74, 6) is -0.734. The molecule has 0 aliphatic rings. The van der Waals surface area contributed by atoms with E-state index in [0.717, 1.165) is 5.56 Å². The number of rotatable bonds is 5. The van der Waals surface area contributed by atoms with Crippen LogP contribution >= 0.6 is 15.9 Å². The minimum absolute atomic E-state index is 0.0317. The summed E-state index contributed by atoms with van der Waals surface area (Å²) < 4.78 is 4.69. The lowest BCUT2D eigenvalue weighted by Gasteiger charge is -2.19. The van der Waals surface area contributed by atoms with Gasteiger partial charge in [0.25, 0.3) is 5.91 Å². The molecule has 1 amide bonds. The first-order valence-corrected chi connectivity index (χ1v) is 7.15. The van der Waals surface area contributed by atoms with E-state index in [9.17, 15) is 9.59 Å². The van der Waals surface area contributed by atoms with Crippen molar-refractivity contribution in [2.75, 3.05) is 7.11 Å². The van der Waals surface area contributed by atoms with Crippen molar-refractivity contribution >= 4 is 27.8 Å². The summed E-state index contributed by atoms with van der Waals surface area (Å²) in [4.78, 5) is 23.7. The quantitative estimate of drug-likeness (QED) is 0.667. The number of halogens is 1. The van der Waals surface area contributed by atoms with Gasteiger partial charge in [0.15, 0.2) is 0 Å². The number of alkyl halides is 1. The van der Waals surface area contributed by atoms with Crippen molar-refractivity contribution < 1.29 is 14.3 Å². The van der Waals surface area contributed by atoms with Crippen LogP contribution in [-0.4, -0.2) is 25.0 Å². The summed E-state index contributed by atoms with van der Waals surface area (Å²) in [6.07, 6.45) is 0. The number of methoxy groups -OCH3 is 1. The molecule has 1 aromatic rings. The Labute approximate surface area is 121 Å². The Morgan fingerprint density at radius 2 is 2.05 bits per heavy atom. The molecule has 1 aromatic carbocycles. The van der Waals surface area contributed by atoms with Gasteiger partial charge in [-0.05, 0) is 23.6 Å². The highest BCUT2D eigenvalue weighted by molar-refractivity contribution is 9.08. The van der Waals surface area contributed by atoms with E-state index < -0.39 is 12.0 Å². The van der Waals surface area contributed by atoms with E-state index in [2.05, 4.69) is 21.2 Å². The predicted octanol–water partition coefficient (Wildman–Crippen LogP) is 2.51. The van der Waals surface area contributed by atoms with E-state index in [1.54, 1.807) is 12.1 Å². The zero-order valence-electron chi connectivity index (χ0n) is 11.3. The molecular weight excluding hydrogens is 310 g/mol. The Kier molecular flexibility index (Phi) is 6.02. The normalized spacial score (nSPS) is 12.1. The Balaban J connectivity index is 2.84. The van der Waals surface area contributed by atoms with Crippen LogP contribution in [0.2, 0.25) is 0 Å². The number of hydrogen-bond donors (Lipinski definition) is 1. The van der Waals surface area contributed by atoms with Gasteiger partial charge in [-0.3, -0.25) is 4.79 Å². The molecule has 0 saturated heterocycles. The molecule has 0 heterocycles. The van der Waals surface area contributed by atoms with Crippen LogP contribution in [-0.2, 0) is 14.9 Å². The highest BCUT2D eigenvalue weighted by atomic mass is 79.9. The van der Waals surface area contributed by atoms with Gasteiger partial charge < -0.3 is 10.1 Å². The smallest absolute Gasteiger partial charge is 0.328 e. The molecule has 1 rings (SSSR count). The van der Waals surface area contributed by atoms with Crippen LogP contribution in [0.25, 0.3) is 0 Å². The molecule has 1 N–H and O–H groups in total. The van der Waals surface area contributed by atoms with Crippen molar-refractivity contribution in [3.8, 4) is 0 Å². The maximum Gasteiger partial charge on any atom is 0.328 e. The molecular formula is C14H18BrNO3. The number of amides is 1. The van der Waals surface area contributed by atoms with Crippen molar-refractivity contribution in [1.82, 2.24) is 5.32 Å². The van der Waals surface area contributed by atoms with Crippen molar-refractivity contribution in [2.24, 2.45) is 5.92 Å². The van der Waals surface area contributed by atoms with Gasteiger partial charge in [-0.1, -0.05) is 41.9 Å². The van der Waals surface area contributed by atoms with Gasteiger partial charge in [0.2, 0.25) is 0 Å². The average Bonchev–Trinajstić information content (AvgIpc) is 2.43. The second-order valence-electron chi connectivity index (χ2n) is 4.55. The molecule has 0 bridgehead atoms. The van der Waals surface area contributed by atoms with Gasteiger partial charge >= 0.3 is 5.97 Å². The maximum absolute atomic E-state index is 12.1. The molecule has 19 heavy (non-hydrogen) atoms. The average molecular weight is 328 g/mol. The minimum Gasteiger partial charge on any atom is -0.467 e. The van der Waals surface area contributed by atoms with Gasteiger partial charge in [0.05, 0.1) is 7.11 Å². The number of benzene rings is 1. The van der Waals surface area contributed by atoms with Crippen LogP contribution in [0.5, 0.6) is 0 Å². The lowest BCUT2D eigenvalue weighted by molar-refractivity contribution is -0.144. The first-order valence-electron chi connectivity index (χ1n) is 6.03. The summed E-state index contributed by atoms with van der Waals surface area (Å²) in [5, 5.41) is 3.39. The fourth-order valence-corrected chi connectivity index (χ4v) is 1.99. The van der Waals surface area contributed by atoms with E-state index in [1.165, 1.54) is 7.11 Å². The highest BCUT2D eigenvalue weighted by Gasteiger charge is 2.25. The molecule has 5 heteroatoms. The van der Waals surface area contributed by atoms with Crippen LogP contribution in [0.4, 0.5) is 0 Å². The van der Waals surface area contributed by atoms with Crippen molar-refractivity contribution in [3.05, 3.63) is 35.4 Å². The summed E-state index contributed by atoms with van der Waals surface area (Å²) in [6, 6.07) is 6.61. The van der Waals surface area contributed by atoms with Gasteiger partial charge in [-0.25, -0.2) is 4.79 Å². The predicted molar refractivity (Wildman–Crippen MR) is 77.2 cm³/mol. The van der Waals surface area contributed by atoms with Crippen LogP contribution in [0.1, 0.15) is 29.8 Å². The fraction of sp³-hybridized carbons (Fsp3) is 0.429. The maximum atomic E-state index is 12.1.